The van der Waals surface area contributed by atoms with Crippen molar-refractivity contribution in [2.45, 2.75) is 26.8 Å². The molecule has 4 heteroatoms. The molecule has 0 unspecified atom stereocenters. The summed E-state index contributed by atoms with van der Waals surface area (Å²) < 4.78 is 15.3. The maximum atomic E-state index is 13.2. The minimum absolute atomic E-state index is 0.0436. The molecule has 0 fully saturated rings. The molecule has 1 N–H and O–H groups in total. The fourth-order valence-corrected chi connectivity index (χ4v) is 3.58. The van der Waals surface area contributed by atoms with E-state index in [1.165, 1.54) is 17.7 Å². The van der Waals surface area contributed by atoms with Gasteiger partial charge in [-0.3, -0.25) is 4.79 Å². The number of para-hydroxylation sites is 1. The van der Waals surface area contributed by atoms with Gasteiger partial charge in [0.2, 0.25) is 5.91 Å². The van der Waals surface area contributed by atoms with E-state index in [9.17, 15) is 9.18 Å². The van der Waals surface area contributed by atoms with Crippen LogP contribution in [-0.2, 0) is 17.8 Å². The van der Waals surface area contributed by atoms with Crippen molar-refractivity contribution in [3.63, 3.8) is 0 Å². The van der Waals surface area contributed by atoms with E-state index in [4.69, 9.17) is 0 Å². The van der Waals surface area contributed by atoms with E-state index in [-0.39, 0.29) is 11.7 Å². The number of fused-ring (bicyclic) bond motifs is 1. The third-order valence-corrected chi connectivity index (χ3v) is 5.28. The molecule has 1 heterocycles. The Balaban J connectivity index is 1.57. The number of carbonyl (C=O) groups excluding carboxylic acids is 1. The second-order valence-electron chi connectivity index (χ2n) is 7.45. The first-order valence-electron chi connectivity index (χ1n) is 9.68. The van der Waals surface area contributed by atoms with Crippen LogP contribution in [0.4, 0.5) is 10.1 Å². The molecular weight excluding hydrogens is 363 g/mol. The van der Waals surface area contributed by atoms with Crippen LogP contribution >= 0.6 is 0 Å². The van der Waals surface area contributed by atoms with Gasteiger partial charge in [0.15, 0.2) is 0 Å². The monoisotopic (exact) mass is 386 g/mol. The Morgan fingerprint density at radius 2 is 1.72 bits per heavy atom. The Morgan fingerprint density at radius 1 is 0.966 bits per heavy atom. The molecule has 0 bridgehead atoms. The van der Waals surface area contributed by atoms with E-state index >= 15 is 0 Å². The summed E-state index contributed by atoms with van der Waals surface area (Å²) in [6.45, 7) is 4.71. The van der Waals surface area contributed by atoms with Crippen LogP contribution < -0.4 is 5.32 Å². The second-order valence-corrected chi connectivity index (χ2v) is 7.45. The van der Waals surface area contributed by atoms with Gasteiger partial charge >= 0.3 is 0 Å². The molecule has 29 heavy (non-hydrogen) atoms. The lowest BCUT2D eigenvalue weighted by molar-refractivity contribution is -0.115. The van der Waals surface area contributed by atoms with Crippen molar-refractivity contribution in [2.75, 3.05) is 5.32 Å². The Labute approximate surface area is 169 Å². The van der Waals surface area contributed by atoms with Crippen molar-refractivity contribution in [3.8, 4) is 0 Å². The maximum absolute atomic E-state index is 13.2. The Bertz CT molecular complexity index is 1180. The van der Waals surface area contributed by atoms with Crippen LogP contribution in [0.5, 0.6) is 0 Å². The normalized spacial score (nSPS) is 11.0. The number of benzene rings is 3. The van der Waals surface area contributed by atoms with E-state index in [0.717, 1.165) is 33.3 Å². The zero-order valence-corrected chi connectivity index (χ0v) is 16.6. The van der Waals surface area contributed by atoms with Gasteiger partial charge in [0.05, 0.1) is 6.42 Å². The fraction of sp³-hybridized carbons (Fsp3) is 0.160. The van der Waals surface area contributed by atoms with E-state index < -0.39 is 0 Å². The smallest absolute Gasteiger partial charge is 0.228 e. The average Bonchev–Trinajstić information content (AvgIpc) is 3.04. The van der Waals surface area contributed by atoms with Gasteiger partial charge in [-0.2, -0.15) is 0 Å². The Hall–Kier alpha value is -3.40. The largest absolute Gasteiger partial charge is 0.343 e. The highest BCUT2D eigenvalue weighted by Crippen LogP contribution is 2.24. The first kappa shape index (κ1) is 18.9. The number of hydrogen-bond acceptors (Lipinski definition) is 1. The third-order valence-electron chi connectivity index (χ3n) is 5.28. The summed E-state index contributed by atoms with van der Waals surface area (Å²) in [6, 6.07) is 20.5. The summed E-state index contributed by atoms with van der Waals surface area (Å²) in [6.07, 6.45) is 2.32. The molecule has 1 aromatic heterocycles. The number of nitrogens with zero attached hydrogens (tertiary/aromatic N) is 1. The van der Waals surface area contributed by atoms with E-state index in [1.54, 1.807) is 12.1 Å². The van der Waals surface area contributed by atoms with Crippen molar-refractivity contribution in [1.29, 1.82) is 0 Å². The van der Waals surface area contributed by atoms with Gasteiger partial charge in [-0.1, -0.05) is 36.4 Å². The summed E-state index contributed by atoms with van der Waals surface area (Å²) >= 11 is 0. The number of hydrogen-bond donors (Lipinski definition) is 1. The van der Waals surface area contributed by atoms with Crippen LogP contribution in [-0.4, -0.2) is 10.5 Å². The molecule has 0 radical (unpaired) electrons. The molecular formula is C25H23FN2O. The molecule has 0 saturated carbocycles. The van der Waals surface area contributed by atoms with Crippen LogP contribution in [0, 0.1) is 19.7 Å². The van der Waals surface area contributed by atoms with Gasteiger partial charge in [-0.25, -0.2) is 4.39 Å². The summed E-state index contributed by atoms with van der Waals surface area (Å²) in [7, 11) is 0. The lowest BCUT2D eigenvalue weighted by Gasteiger charge is -2.07. The van der Waals surface area contributed by atoms with E-state index in [0.29, 0.717) is 13.0 Å². The van der Waals surface area contributed by atoms with Crippen molar-refractivity contribution in [3.05, 3.63) is 101 Å². The molecule has 0 spiro atoms. The first-order chi connectivity index (χ1) is 14.0. The Kier molecular flexibility index (Phi) is 5.17. The number of amides is 1. The van der Waals surface area contributed by atoms with E-state index in [1.807, 2.05) is 55.6 Å². The van der Waals surface area contributed by atoms with Crippen LogP contribution in [0.25, 0.3) is 10.9 Å². The topological polar surface area (TPSA) is 34.0 Å². The maximum Gasteiger partial charge on any atom is 0.228 e. The molecule has 4 rings (SSSR count). The fourth-order valence-electron chi connectivity index (χ4n) is 3.58. The van der Waals surface area contributed by atoms with Gasteiger partial charge in [0.1, 0.15) is 5.82 Å². The van der Waals surface area contributed by atoms with E-state index in [2.05, 4.69) is 16.8 Å². The highest BCUT2D eigenvalue weighted by Gasteiger charge is 2.13. The number of aryl methyl sites for hydroxylation is 2. The van der Waals surface area contributed by atoms with Gasteiger partial charge in [-0.15, -0.1) is 0 Å². The zero-order valence-electron chi connectivity index (χ0n) is 16.6. The lowest BCUT2D eigenvalue weighted by atomic mass is 10.1. The molecule has 3 nitrogen and oxygen atoms in total. The van der Waals surface area contributed by atoms with Gasteiger partial charge in [0.25, 0.3) is 0 Å². The van der Waals surface area contributed by atoms with Crippen molar-refractivity contribution in [2.24, 2.45) is 0 Å². The number of nitrogens with one attached hydrogen (secondary N) is 1. The summed E-state index contributed by atoms with van der Waals surface area (Å²) in [5.74, 6) is -0.284. The molecule has 0 aliphatic carbocycles. The van der Waals surface area contributed by atoms with Crippen molar-refractivity contribution < 1.29 is 9.18 Å². The predicted octanol–water partition coefficient (Wildman–Crippen LogP) is 5.63. The molecule has 1 amide bonds. The lowest BCUT2D eigenvalue weighted by Crippen LogP contribution is -2.14. The number of halogens is 1. The first-order valence-corrected chi connectivity index (χ1v) is 9.68. The standard InChI is InChI=1S/C25H23FN2O/c1-17-7-12-22(13-18(17)2)27-25(29)14-20-16-28(24-6-4-3-5-23(20)24)15-19-8-10-21(26)11-9-19/h3-13,16H,14-15H2,1-2H3,(H,27,29). The average molecular weight is 386 g/mol. The minimum atomic E-state index is -0.241. The van der Waals surface area contributed by atoms with Crippen molar-refractivity contribution >= 4 is 22.5 Å². The highest BCUT2D eigenvalue weighted by molar-refractivity contribution is 5.96. The summed E-state index contributed by atoms with van der Waals surface area (Å²) in [5.41, 5.74) is 6.21. The van der Waals surface area contributed by atoms with Crippen LogP contribution in [0.15, 0.2) is 72.9 Å². The summed E-state index contributed by atoms with van der Waals surface area (Å²) in [4.78, 5) is 12.7. The van der Waals surface area contributed by atoms with Crippen LogP contribution in [0.3, 0.4) is 0 Å². The van der Waals surface area contributed by atoms with Gasteiger partial charge in [-0.05, 0) is 66.4 Å². The highest BCUT2D eigenvalue weighted by atomic mass is 19.1. The molecule has 0 aliphatic heterocycles. The van der Waals surface area contributed by atoms with Gasteiger partial charge < -0.3 is 9.88 Å². The van der Waals surface area contributed by atoms with Crippen molar-refractivity contribution in [1.82, 2.24) is 4.57 Å². The number of anilines is 1. The number of aromatic nitrogens is 1. The Morgan fingerprint density at radius 3 is 2.48 bits per heavy atom. The zero-order chi connectivity index (χ0) is 20.4. The molecule has 4 aromatic rings. The molecule has 146 valence electrons. The minimum Gasteiger partial charge on any atom is -0.343 e. The van der Waals surface area contributed by atoms with Crippen LogP contribution in [0.2, 0.25) is 0 Å². The summed E-state index contributed by atoms with van der Waals surface area (Å²) in [5, 5.41) is 4.06. The molecule has 3 aromatic carbocycles. The predicted molar refractivity (Wildman–Crippen MR) is 116 cm³/mol. The number of rotatable bonds is 5. The molecule has 0 saturated heterocycles. The van der Waals surface area contributed by atoms with Crippen LogP contribution in [0.1, 0.15) is 22.3 Å². The van der Waals surface area contributed by atoms with Gasteiger partial charge in [0, 0.05) is 29.3 Å². The number of carbonyl (C=O) groups is 1. The quantitative estimate of drug-likeness (QED) is 0.474. The second kappa shape index (κ2) is 7.92. The molecule has 0 atom stereocenters. The molecule has 0 aliphatic rings. The SMILES string of the molecule is Cc1ccc(NC(=O)Cc2cn(Cc3ccc(F)cc3)c3ccccc23)cc1C. The third kappa shape index (κ3) is 4.21.